The highest BCUT2D eigenvalue weighted by atomic mass is 16.5. The van der Waals surface area contributed by atoms with Gasteiger partial charge in [-0.1, -0.05) is 6.07 Å². The lowest BCUT2D eigenvalue weighted by molar-refractivity contribution is 0.0966. The Morgan fingerprint density at radius 3 is 3.00 bits per heavy atom. The Bertz CT molecular complexity index is 521. The SMILES string of the molecule is COc1cccc(O)c1C(=O)Cn1ccnc1. The van der Waals surface area contributed by atoms with E-state index in [2.05, 4.69) is 4.98 Å². The number of phenols is 1. The number of hydrogen-bond donors (Lipinski definition) is 1. The van der Waals surface area contributed by atoms with Gasteiger partial charge in [0.1, 0.15) is 17.1 Å². The van der Waals surface area contributed by atoms with Crippen LogP contribution in [0.1, 0.15) is 10.4 Å². The van der Waals surface area contributed by atoms with Crippen molar-refractivity contribution < 1.29 is 14.6 Å². The van der Waals surface area contributed by atoms with E-state index in [4.69, 9.17) is 4.74 Å². The van der Waals surface area contributed by atoms with Gasteiger partial charge in [0.2, 0.25) is 0 Å². The van der Waals surface area contributed by atoms with E-state index in [9.17, 15) is 9.90 Å². The van der Waals surface area contributed by atoms with E-state index in [1.807, 2.05) is 0 Å². The van der Waals surface area contributed by atoms with E-state index in [1.165, 1.54) is 13.2 Å². The average Bonchev–Trinajstić information content (AvgIpc) is 2.81. The number of aromatic hydroxyl groups is 1. The summed E-state index contributed by atoms with van der Waals surface area (Å²) in [6, 6.07) is 4.73. The molecule has 5 heteroatoms. The number of Topliss-reactive ketones (excluding diaryl/α,β-unsaturated/α-hetero) is 1. The maximum atomic E-state index is 12.0. The largest absolute Gasteiger partial charge is 0.507 e. The number of ether oxygens (including phenoxy) is 1. The molecule has 1 N–H and O–H groups in total. The molecule has 0 atom stereocenters. The van der Waals surface area contributed by atoms with Gasteiger partial charge in [-0.2, -0.15) is 0 Å². The molecule has 0 aliphatic rings. The lowest BCUT2D eigenvalue weighted by Gasteiger charge is -2.09. The van der Waals surface area contributed by atoms with E-state index in [0.717, 1.165) is 0 Å². The van der Waals surface area contributed by atoms with Crippen molar-refractivity contribution in [2.24, 2.45) is 0 Å². The summed E-state index contributed by atoms with van der Waals surface area (Å²) < 4.78 is 6.69. The molecule has 0 saturated carbocycles. The average molecular weight is 232 g/mol. The van der Waals surface area contributed by atoms with Crippen LogP contribution in [0.3, 0.4) is 0 Å². The Kier molecular flexibility index (Phi) is 3.09. The lowest BCUT2D eigenvalue weighted by Crippen LogP contribution is -2.10. The molecule has 0 aliphatic carbocycles. The van der Waals surface area contributed by atoms with Crippen molar-refractivity contribution in [1.82, 2.24) is 9.55 Å². The number of ketones is 1. The molecule has 2 aromatic rings. The summed E-state index contributed by atoms with van der Waals surface area (Å²) in [5.74, 6) is 0.0718. The van der Waals surface area contributed by atoms with Gasteiger partial charge in [-0.3, -0.25) is 4.79 Å². The van der Waals surface area contributed by atoms with Gasteiger partial charge in [-0.05, 0) is 12.1 Å². The molecule has 1 aromatic heterocycles. The lowest BCUT2D eigenvalue weighted by atomic mass is 10.1. The van der Waals surface area contributed by atoms with Gasteiger partial charge >= 0.3 is 0 Å². The number of hydrogen-bond acceptors (Lipinski definition) is 4. The Balaban J connectivity index is 2.30. The van der Waals surface area contributed by atoms with E-state index in [1.54, 1.807) is 35.4 Å². The maximum Gasteiger partial charge on any atom is 0.189 e. The quantitative estimate of drug-likeness (QED) is 0.811. The molecule has 0 bridgehead atoms. The van der Waals surface area contributed by atoms with Gasteiger partial charge in [0.25, 0.3) is 0 Å². The second kappa shape index (κ2) is 4.69. The van der Waals surface area contributed by atoms with Crippen LogP contribution in [0.2, 0.25) is 0 Å². The Hall–Kier alpha value is -2.30. The summed E-state index contributed by atoms with van der Waals surface area (Å²) in [6.45, 7) is 0.119. The van der Waals surface area contributed by atoms with Gasteiger partial charge in [0, 0.05) is 12.4 Å². The third-order valence-electron chi connectivity index (χ3n) is 2.39. The summed E-state index contributed by atoms with van der Waals surface area (Å²) in [5.41, 5.74) is 0.198. The normalized spacial score (nSPS) is 10.2. The zero-order valence-electron chi connectivity index (χ0n) is 9.33. The molecule has 88 valence electrons. The first kappa shape index (κ1) is 11.2. The van der Waals surface area contributed by atoms with E-state index in [-0.39, 0.29) is 23.6 Å². The molecule has 17 heavy (non-hydrogen) atoms. The number of phenolic OH excluding ortho intramolecular Hbond substituents is 1. The van der Waals surface area contributed by atoms with Crippen molar-refractivity contribution >= 4 is 5.78 Å². The smallest absolute Gasteiger partial charge is 0.189 e. The second-order valence-corrected chi connectivity index (χ2v) is 3.51. The molecular formula is C12H12N2O3. The summed E-state index contributed by atoms with van der Waals surface area (Å²) in [6.07, 6.45) is 4.82. The molecule has 0 fully saturated rings. The van der Waals surface area contributed by atoms with Crippen molar-refractivity contribution in [2.45, 2.75) is 6.54 Å². The van der Waals surface area contributed by atoms with Gasteiger partial charge in [-0.25, -0.2) is 4.98 Å². The summed E-state index contributed by atoms with van der Waals surface area (Å²) in [7, 11) is 1.46. The number of benzene rings is 1. The van der Waals surface area contributed by atoms with Gasteiger partial charge in [-0.15, -0.1) is 0 Å². The minimum Gasteiger partial charge on any atom is -0.507 e. The molecule has 1 aromatic carbocycles. The zero-order chi connectivity index (χ0) is 12.3. The van der Waals surface area contributed by atoms with Crippen molar-refractivity contribution in [3.05, 3.63) is 42.5 Å². The maximum absolute atomic E-state index is 12.0. The Morgan fingerprint density at radius 2 is 2.35 bits per heavy atom. The Morgan fingerprint density at radius 1 is 1.53 bits per heavy atom. The fraction of sp³-hybridized carbons (Fsp3) is 0.167. The van der Waals surface area contributed by atoms with Gasteiger partial charge in [0.15, 0.2) is 5.78 Å². The second-order valence-electron chi connectivity index (χ2n) is 3.51. The predicted octanol–water partition coefficient (Wildman–Crippen LogP) is 1.48. The van der Waals surface area contributed by atoms with Gasteiger partial charge in [0.05, 0.1) is 20.0 Å². The standard InChI is InChI=1S/C12H12N2O3/c1-17-11-4-2-3-9(15)12(11)10(16)7-14-6-5-13-8-14/h2-6,8,15H,7H2,1H3. The number of carbonyl (C=O) groups is 1. The number of nitrogens with zero attached hydrogens (tertiary/aromatic N) is 2. The fourth-order valence-corrected chi connectivity index (χ4v) is 1.60. The number of methoxy groups -OCH3 is 1. The molecule has 0 radical (unpaired) electrons. The fourth-order valence-electron chi connectivity index (χ4n) is 1.60. The van der Waals surface area contributed by atoms with Crippen LogP contribution < -0.4 is 4.74 Å². The van der Waals surface area contributed by atoms with Crippen molar-refractivity contribution in [3.8, 4) is 11.5 Å². The van der Waals surface area contributed by atoms with Crippen molar-refractivity contribution in [2.75, 3.05) is 7.11 Å². The predicted molar refractivity (Wildman–Crippen MR) is 61.2 cm³/mol. The van der Waals surface area contributed by atoms with E-state index < -0.39 is 0 Å². The van der Waals surface area contributed by atoms with Crippen LogP contribution >= 0.6 is 0 Å². The van der Waals surface area contributed by atoms with E-state index >= 15 is 0 Å². The third kappa shape index (κ3) is 2.28. The van der Waals surface area contributed by atoms with Crippen LogP contribution in [0.4, 0.5) is 0 Å². The van der Waals surface area contributed by atoms with Crippen LogP contribution in [0.15, 0.2) is 36.9 Å². The summed E-state index contributed by atoms with van der Waals surface area (Å²) >= 11 is 0. The first-order valence-electron chi connectivity index (χ1n) is 5.07. The minimum atomic E-state index is -0.224. The minimum absolute atomic E-state index is 0.0746. The molecular weight excluding hydrogens is 220 g/mol. The highest BCUT2D eigenvalue weighted by molar-refractivity contribution is 6.01. The molecule has 0 saturated heterocycles. The topological polar surface area (TPSA) is 64.3 Å². The summed E-state index contributed by atoms with van der Waals surface area (Å²) in [5, 5.41) is 9.70. The summed E-state index contributed by atoms with van der Waals surface area (Å²) in [4.78, 5) is 15.9. The molecule has 1 heterocycles. The molecule has 0 unspecified atom stereocenters. The van der Waals surface area contributed by atoms with Crippen molar-refractivity contribution in [1.29, 1.82) is 0 Å². The van der Waals surface area contributed by atoms with Crippen LogP contribution in [-0.4, -0.2) is 27.6 Å². The van der Waals surface area contributed by atoms with E-state index in [0.29, 0.717) is 5.75 Å². The number of rotatable bonds is 4. The molecule has 0 spiro atoms. The molecule has 2 rings (SSSR count). The molecule has 0 amide bonds. The molecule has 5 nitrogen and oxygen atoms in total. The number of imidazole rings is 1. The third-order valence-corrected chi connectivity index (χ3v) is 2.39. The van der Waals surface area contributed by atoms with Crippen LogP contribution in [-0.2, 0) is 6.54 Å². The van der Waals surface area contributed by atoms with Crippen LogP contribution in [0.5, 0.6) is 11.5 Å². The zero-order valence-corrected chi connectivity index (χ0v) is 9.33. The first-order valence-corrected chi connectivity index (χ1v) is 5.07. The highest BCUT2D eigenvalue weighted by Gasteiger charge is 2.16. The Labute approximate surface area is 98.3 Å². The van der Waals surface area contributed by atoms with Crippen LogP contribution in [0.25, 0.3) is 0 Å². The highest BCUT2D eigenvalue weighted by Crippen LogP contribution is 2.27. The first-order chi connectivity index (χ1) is 8.22. The van der Waals surface area contributed by atoms with Crippen molar-refractivity contribution in [3.63, 3.8) is 0 Å². The van der Waals surface area contributed by atoms with Crippen LogP contribution in [0, 0.1) is 0 Å². The number of carbonyl (C=O) groups excluding carboxylic acids is 1. The van der Waals surface area contributed by atoms with Gasteiger partial charge < -0.3 is 14.4 Å². The number of aromatic nitrogens is 2. The monoisotopic (exact) mass is 232 g/mol. The molecule has 0 aliphatic heterocycles.